The maximum Gasteiger partial charge on any atom is 0.142 e. The van der Waals surface area contributed by atoms with Crippen molar-refractivity contribution in [1.82, 2.24) is 0 Å². The molecule has 1 heterocycles. The van der Waals surface area contributed by atoms with E-state index in [1.165, 1.54) is 31.5 Å². The van der Waals surface area contributed by atoms with E-state index in [4.69, 9.17) is 4.74 Å². The van der Waals surface area contributed by atoms with E-state index in [2.05, 4.69) is 36.1 Å². The van der Waals surface area contributed by atoms with Crippen molar-refractivity contribution in [3.63, 3.8) is 0 Å². The molecule has 1 aromatic carbocycles. The standard InChI is InChI=1S/C16H23NO.C2H6/c1-2-13-8-9-14(13)12-17-10-5-11-18-16-7-4-3-6-15(16)17;1-2/h3-4,6-7,13-14H,2,5,8-12H2,1H3;1-2H3. The predicted octanol–water partition coefficient (Wildman–Crippen LogP) is 4.74. The third kappa shape index (κ3) is 3.28. The third-order valence-corrected chi connectivity index (χ3v) is 4.59. The van der Waals surface area contributed by atoms with Crippen molar-refractivity contribution in [2.45, 2.75) is 46.5 Å². The van der Waals surface area contributed by atoms with Crippen molar-refractivity contribution in [3.05, 3.63) is 24.3 Å². The van der Waals surface area contributed by atoms with Crippen LogP contribution in [0.5, 0.6) is 5.75 Å². The molecule has 0 saturated heterocycles. The summed E-state index contributed by atoms with van der Waals surface area (Å²) >= 11 is 0. The molecule has 2 atom stereocenters. The molecule has 20 heavy (non-hydrogen) atoms. The number of nitrogens with zero attached hydrogens (tertiary/aromatic N) is 1. The van der Waals surface area contributed by atoms with Crippen LogP contribution in [0.4, 0.5) is 5.69 Å². The molecule has 1 aliphatic heterocycles. The summed E-state index contributed by atoms with van der Waals surface area (Å²) in [6.45, 7) is 9.55. The minimum Gasteiger partial charge on any atom is -0.491 e. The van der Waals surface area contributed by atoms with E-state index in [0.717, 1.165) is 37.2 Å². The van der Waals surface area contributed by atoms with Crippen LogP contribution in [0.1, 0.15) is 46.5 Å². The SMILES string of the molecule is CC.CCC1CCC1CN1CCCOc2ccccc21. The van der Waals surface area contributed by atoms with Crippen LogP contribution < -0.4 is 9.64 Å². The summed E-state index contributed by atoms with van der Waals surface area (Å²) in [5.41, 5.74) is 1.30. The summed E-state index contributed by atoms with van der Waals surface area (Å²) in [5, 5.41) is 0. The molecule has 1 aliphatic carbocycles. The van der Waals surface area contributed by atoms with Crippen LogP contribution in [0, 0.1) is 11.8 Å². The summed E-state index contributed by atoms with van der Waals surface area (Å²) in [6, 6.07) is 8.51. The van der Waals surface area contributed by atoms with Crippen molar-refractivity contribution in [3.8, 4) is 5.75 Å². The molecule has 2 heteroatoms. The summed E-state index contributed by atoms with van der Waals surface area (Å²) in [7, 11) is 0. The number of benzene rings is 1. The predicted molar refractivity (Wildman–Crippen MR) is 86.6 cm³/mol. The van der Waals surface area contributed by atoms with Gasteiger partial charge in [0.05, 0.1) is 12.3 Å². The Morgan fingerprint density at radius 3 is 2.60 bits per heavy atom. The first-order chi connectivity index (χ1) is 9.88. The van der Waals surface area contributed by atoms with E-state index in [9.17, 15) is 0 Å². The molecule has 1 fully saturated rings. The van der Waals surface area contributed by atoms with E-state index >= 15 is 0 Å². The van der Waals surface area contributed by atoms with E-state index in [0.29, 0.717) is 0 Å². The number of para-hydroxylation sites is 2. The van der Waals surface area contributed by atoms with Crippen molar-refractivity contribution < 1.29 is 4.74 Å². The Balaban J connectivity index is 0.000000704. The highest BCUT2D eigenvalue weighted by Crippen LogP contribution is 2.39. The van der Waals surface area contributed by atoms with Crippen LogP contribution >= 0.6 is 0 Å². The highest BCUT2D eigenvalue weighted by Gasteiger charge is 2.31. The first-order valence-electron chi connectivity index (χ1n) is 8.35. The van der Waals surface area contributed by atoms with Crippen LogP contribution in [0.2, 0.25) is 0 Å². The number of anilines is 1. The molecule has 0 radical (unpaired) electrons. The summed E-state index contributed by atoms with van der Waals surface area (Å²) in [5.74, 6) is 2.94. The van der Waals surface area contributed by atoms with Gasteiger partial charge in [0.15, 0.2) is 0 Å². The second-order valence-electron chi connectivity index (χ2n) is 5.62. The zero-order valence-corrected chi connectivity index (χ0v) is 13.3. The largest absolute Gasteiger partial charge is 0.491 e. The molecule has 2 nitrogen and oxygen atoms in total. The average molecular weight is 275 g/mol. The molecule has 2 aliphatic rings. The van der Waals surface area contributed by atoms with E-state index in [-0.39, 0.29) is 0 Å². The molecule has 0 bridgehead atoms. The van der Waals surface area contributed by atoms with E-state index in [1.54, 1.807) is 0 Å². The van der Waals surface area contributed by atoms with Crippen LogP contribution in [-0.4, -0.2) is 19.7 Å². The maximum absolute atomic E-state index is 5.82. The summed E-state index contributed by atoms with van der Waals surface area (Å²) in [6.07, 6.45) is 5.33. The van der Waals surface area contributed by atoms with Crippen LogP contribution in [-0.2, 0) is 0 Å². The highest BCUT2D eigenvalue weighted by molar-refractivity contribution is 5.59. The Morgan fingerprint density at radius 1 is 1.15 bits per heavy atom. The molecule has 0 amide bonds. The normalized spacial score (nSPS) is 24.4. The smallest absolute Gasteiger partial charge is 0.142 e. The molecule has 1 aromatic rings. The zero-order valence-electron chi connectivity index (χ0n) is 13.3. The van der Waals surface area contributed by atoms with Gasteiger partial charge in [-0.15, -0.1) is 0 Å². The number of rotatable bonds is 3. The Morgan fingerprint density at radius 2 is 1.90 bits per heavy atom. The summed E-state index contributed by atoms with van der Waals surface area (Å²) < 4.78 is 5.82. The number of hydrogen-bond acceptors (Lipinski definition) is 2. The van der Waals surface area contributed by atoms with Gasteiger partial charge in [-0.05, 0) is 43.2 Å². The monoisotopic (exact) mass is 275 g/mol. The average Bonchev–Trinajstić information content (AvgIpc) is 2.68. The first kappa shape index (κ1) is 15.2. The van der Waals surface area contributed by atoms with Crippen molar-refractivity contribution in [2.75, 3.05) is 24.6 Å². The second kappa shape index (κ2) is 7.56. The molecule has 1 saturated carbocycles. The van der Waals surface area contributed by atoms with E-state index < -0.39 is 0 Å². The lowest BCUT2D eigenvalue weighted by atomic mass is 9.72. The van der Waals surface area contributed by atoms with E-state index in [1.807, 2.05) is 13.8 Å². The van der Waals surface area contributed by atoms with Crippen LogP contribution in [0.3, 0.4) is 0 Å². The minimum atomic E-state index is 0.857. The lowest BCUT2D eigenvalue weighted by molar-refractivity contribution is 0.175. The van der Waals surface area contributed by atoms with Gasteiger partial charge in [0.1, 0.15) is 5.75 Å². The van der Waals surface area contributed by atoms with Crippen LogP contribution in [0.25, 0.3) is 0 Å². The van der Waals surface area contributed by atoms with Gasteiger partial charge in [0.25, 0.3) is 0 Å². The molecule has 3 rings (SSSR count). The minimum absolute atomic E-state index is 0.857. The molecule has 112 valence electrons. The fraction of sp³-hybridized carbons (Fsp3) is 0.667. The topological polar surface area (TPSA) is 12.5 Å². The van der Waals surface area contributed by atoms with Gasteiger partial charge in [-0.25, -0.2) is 0 Å². The Hall–Kier alpha value is -1.18. The van der Waals surface area contributed by atoms with Crippen LogP contribution in [0.15, 0.2) is 24.3 Å². The Bertz CT molecular complexity index is 402. The maximum atomic E-state index is 5.82. The lowest BCUT2D eigenvalue weighted by Crippen LogP contribution is -2.38. The molecular formula is C18H29NO. The lowest BCUT2D eigenvalue weighted by Gasteiger charge is -2.40. The fourth-order valence-corrected chi connectivity index (χ4v) is 3.29. The molecular weight excluding hydrogens is 246 g/mol. The quantitative estimate of drug-likeness (QED) is 0.790. The van der Waals surface area contributed by atoms with Crippen molar-refractivity contribution >= 4 is 5.69 Å². The summed E-state index contributed by atoms with van der Waals surface area (Å²) in [4.78, 5) is 2.55. The molecule has 0 aromatic heterocycles. The Kier molecular flexibility index (Phi) is 5.75. The van der Waals surface area contributed by atoms with Gasteiger partial charge in [-0.2, -0.15) is 0 Å². The van der Waals surface area contributed by atoms with Crippen molar-refractivity contribution in [1.29, 1.82) is 0 Å². The molecule has 2 unspecified atom stereocenters. The van der Waals surface area contributed by atoms with Gasteiger partial charge in [-0.3, -0.25) is 0 Å². The zero-order chi connectivity index (χ0) is 14.4. The molecule has 0 spiro atoms. The second-order valence-corrected chi connectivity index (χ2v) is 5.62. The Labute approximate surface area is 124 Å². The number of hydrogen-bond donors (Lipinski definition) is 0. The first-order valence-corrected chi connectivity index (χ1v) is 8.35. The van der Waals surface area contributed by atoms with Gasteiger partial charge >= 0.3 is 0 Å². The van der Waals surface area contributed by atoms with Gasteiger partial charge < -0.3 is 9.64 Å². The third-order valence-electron chi connectivity index (χ3n) is 4.59. The fourth-order valence-electron chi connectivity index (χ4n) is 3.29. The number of fused-ring (bicyclic) bond motifs is 1. The highest BCUT2D eigenvalue weighted by atomic mass is 16.5. The van der Waals surface area contributed by atoms with Gasteiger partial charge in [-0.1, -0.05) is 39.3 Å². The number of ether oxygens (including phenoxy) is 1. The van der Waals surface area contributed by atoms with Gasteiger partial charge in [0.2, 0.25) is 0 Å². The van der Waals surface area contributed by atoms with Gasteiger partial charge in [0, 0.05) is 13.1 Å². The van der Waals surface area contributed by atoms with Crippen molar-refractivity contribution in [2.24, 2.45) is 11.8 Å². The molecule has 0 N–H and O–H groups in total.